The smallest absolute Gasteiger partial charge is 0.136 e. The Morgan fingerprint density at radius 2 is 0.474 bits per heavy atom. The van der Waals surface area contributed by atoms with E-state index in [1.165, 1.54) is 115 Å². The Bertz CT molecular complexity index is 4810. The lowest BCUT2D eigenvalue weighted by Crippen LogP contribution is -1.90. The lowest BCUT2D eigenvalue weighted by molar-refractivity contribution is 0.668. The van der Waals surface area contributed by atoms with Gasteiger partial charge in [0.2, 0.25) is 0 Å². The zero-order valence-electron chi connectivity index (χ0n) is 42.5. The van der Waals surface area contributed by atoms with Crippen molar-refractivity contribution in [1.82, 2.24) is 0 Å². The van der Waals surface area contributed by atoms with E-state index in [1.807, 2.05) is 24.3 Å². The highest BCUT2D eigenvalue weighted by atomic mass is 16.3. The Morgan fingerprint density at radius 3 is 0.936 bits per heavy atom. The molecule has 2 nitrogen and oxygen atoms in total. The van der Waals surface area contributed by atoms with Gasteiger partial charge in [0, 0.05) is 21.5 Å². The van der Waals surface area contributed by atoms with Crippen LogP contribution in [0.4, 0.5) is 0 Å². The van der Waals surface area contributed by atoms with E-state index in [2.05, 4.69) is 267 Å². The van der Waals surface area contributed by atoms with Crippen molar-refractivity contribution in [2.24, 2.45) is 0 Å². The van der Waals surface area contributed by atoms with Crippen LogP contribution in [-0.2, 0) is 0 Å². The first-order chi connectivity index (χ1) is 38.7. The third kappa shape index (κ3) is 7.57. The van der Waals surface area contributed by atoms with Gasteiger partial charge >= 0.3 is 0 Å². The lowest BCUT2D eigenvalue weighted by Gasteiger charge is -2.18. The van der Waals surface area contributed by atoms with Crippen molar-refractivity contribution in [3.63, 3.8) is 0 Å². The maximum absolute atomic E-state index is 6.15. The van der Waals surface area contributed by atoms with Gasteiger partial charge in [-0.15, -0.1) is 0 Å². The number of benzene rings is 14. The van der Waals surface area contributed by atoms with Gasteiger partial charge < -0.3 is 8.83 Å². The number of para-hydroxylation sites is 2. The molecule has 16 rings (SSSR count). The summed E-state index contributed by atoms with van der Waals surface area (Å²) >= 11 is 0. The lowest BCUT2D eigenvalue weighted by atomic mass is 9.85. The van der Waals surface area contributed by atoms with Crippen LogP contribution in [-0.4, -0.2) is 0 Å². The van der Waals surface area contributed by atoms with Gasteiger partial charge in [-0.3, -0.25) is 0 Å². The van der Waals surface area contributed by atoms with Crippen molar-refractivity contribution < 1.29 is 8.83 Å². The number of hydrogen-bond donors (Lipinski definition) is 0. The van der Waals surface area contributed by atoms with Crippen LogP contribution in [0.2, 0.25) is 0 Å². The topological polar surface area (TPSA) is 26.3 Å². The van der Waals surface area contributed by atoms with E-state index in [-0.39, 0.29) is 0 Å². The molecule has 0 unspecified atom stereocenters. The number of rotatable bonds is 6. The van der Waals surface area contributed by atoms with E-state index < -0.39 is 0 Å². The molecule has 0 spiro atoms. The van der Waals surface area contributed by atoms with Gasteiger partial charge in [0.25, 0.3) is 0 Å². The Morgan fingerprint density at radius 1 is 0.167 bits per heavy atom. The van der Waals surface area contributed by atoms with Crippen LogP contribution in [0.25, 0.3) is 154 Å². The Balaban J connectivity index is 0.000000136. The van der Waals surface area contributed by atoms with Gasteiger partial charge in [0.05, 0.1) is 0 Å². The molecule has 0 aliphatic rings. The molecule has 16 aromatic rings. The highest BCUT2D eigenvalue weighted by Crippen LogP contribution is 2.46. The normalized spacial score (nSPS) is 11.6. The van der Waals surface area contributed by atoms with Gasteiger partial charge in [0.15, 0.2) is 0 Å². The van der Waals surface area contributed by atoms with Gasteiger partial charge in [0.1, 0.15) is 22.3 Å². The van der Waals surface area contributed by atoms with Gasteiger partial charge in [-0.25, -0.2) is 0 Å². The highest BCUT2D eigenvalue weighted by Gasteiger charge is 2.19. The van der Waals surface area contributed by atoms with Gasteiger partial charge in [-0.1, -0.05) is 261 Å². The van der Waals surface area contributed by atoms with Crippen LogP contribution in [0.5, 0.6) is 0 Å². The van der Waals surface area contributed by atoms with E-state index in [4.69, 9.17) is 8.83 Å². The standard InChI is InChI=1S/2C38H24O/c1-2-11-26(12-3-1)36-29-13-4-6-15-31(29)37(32-16-7-5-14-30(32)36)27-23-21-25(22-24-27)28-18-10-20-35-38(28)33-17-8-9-19-34(33)39-35;1-2-10-26(11-3-1)37-30-13-4-6-15-32(30)38(33-16-7-5-14-31(33)37)27-20-18-25(19-21-27)28-22-23-36-34(24-28)29-12-8-9-17-35(29)39-36/h2*1-24H. The molecule has 0 radical (unpaired) electrons. The van der Waals surface area contributed by atoms with Crippen molar-refractivity contribution in [3.8, 4) is 66.8 Å². The summed E-state index contributed by atoms with van der Waals surface area (Å²) in [4.78, 5) is 0. The Labute approximate surface area is 451 Å². The predicted molar refractivity (Wildman–Crippen MR) is 330 cm³/mol. The average molecular weight is 993 g/mol. The first-order valence-electron chi connectivity index (χ1n) is 26.7. The molecule has 2 heteroatoms. The van der Waals surface area contributed by atoms with Crippen LogP contribution in [0.15, 0.2) is 300 Å². The van der Waals surface area contributed by atoms with Crippen molar-refractivity contribution in [1.29, 1.82) is 0 Å². The fourth-order valence-electron chi connectivity index (χ4n) is 12.3. The molecule has 14 aromatic carbocycles. The summed E-state index contributed by atoms with van der Waals surface area (Å²) in [6, 6.07) is 104. The summed E-state index contributed by atoms with van der Waals surface area (Å²) in [5.74, 6) is 0. The second-order valence-corrected chi connectivity index (χ2v) is 20.2. The van der Waals surface area contributed by atoms with Gasteiger partial charge in [-0.2, -0.15) is 0 Å². The first kappa shape index (κ1) is 45.1. The maximum Gasteiger partial charge on any atom is 0.136 e. The Kier molecular flexibility index (Phi) is 10.9. The van der Waals surface area contributed by atoms with Crippen LogP contribution in [0.3, 0.4) is 0 Å². The average Bonchev–Trinajstić information content (AvgIpc) is 4.17. The third-order valence-corrected chi connectivity index (χ3v) is 15.8. The Hall–Kier alpha value is -10.3. The van der Waals surface area contributed by atoms with Crippen molar-refractivity contribution in [2.45, 2.75) is 0 Å². The molecule has 2 heterocycles. The van der Waals surface area contributed by atoms with Crippen LogP contribution in [0, 0.1) is 0 Å². The van der Waals surface area contributed by atoms with Crippen LogP contribution < -0.4 is 0 Å². The van der Waals surface area contributed by atoms with E-state index in [9.17, 15) is 0 Å². The number of hydrogen-bond acceptors (Lipinski definition) is 2. The molecular weight excluding hydrogens is 945 g/mol. The first-order valence-corrected chi connectivity index (χ1v) is 26.7. The number of fused-ring (bicyclic) bond motifs is 10. The van der Waals surface area contributed by atoms with E-state index >= 15 is 0 Å². The zero-order chi connectivity index (χ0) is 51.5. The highest BCUT2D eigenvalue weighted by molar-refractivity contribution is 6.23. The van der Waals surface area contributed by atoms with E-state index in [1.54, 1.807) is 0 Å². The molecule has 0 aliphatic carbocycles. The summed E-state index contributed by atoms with van der Waals surface area (Å²) in [5.41, 5.74) is 18.5. The molecule has 78 heavy (non-hydrogen) atoms. The largest absolute Gasteiger partial charge is 0.456 e. The predicted octanol–water partition coefficient (Wildman–Crippen LogP) is 21.8. The monoisotopic (exact) mass is 992 g/mol. The second-order valence-electron chi connectivity index (χ2n) is 20.2. The summed E-state index contributed by atoms with van der Waals surface area (Å²) in [5, 5.41) is 14.8. The quantitative estimate of drug-likeness (QED) is 0.155. The van der Waals surface area contributed by atoms with Crippen molar-refractivity contribution >= 4 is 87.0 Å². The summed E-state index contributed by atoms with van der Waals surface area (Å²) in [6.45, 7) is 0. The van der Waals surface area contributed by atoms with Crippen molar-refractivity contribution in [2.75, 3.05) is 0 Å². The third-order valence-electron chi connectivity index (χ3n) is 15.8. The van der Waals surface area contributed by atoms with E-state index in [0.717, 1.165) is 38.5 Å². The second kappa shape index (κ2) is 18.8. The fourth-order valence-corrected chi connectivity index (χ4v) is 12.3. The molecule has 2 aromatic heterocycles. The van der Waals surface area contributed by atoms with Crippen molar-refractivity contribution in [3.05, 3.63) is 291 Å². The molecule has 0 bridgehead atoms. The molecule has 0 amide bonds. The summed E-state index contributed by atoms with van der Waals surface area (Å²) in [6.07, 6.45) is 0. The minimum atomic E-state index is 0.922. The molecule has 0 saturated heterocycles. The molecule has 0 aliphatic heterocycles. The molecule has 0 fully saturated rings. The summed E-state index contributed by atoms with van der Waals surface area (Å²) in [7, 11) is 0. The minimum Gasteiger partial charge on any atom is -0.456 e. The van der Waals surface area contributed by atoms with Gasteiger partial charge in [-0.05, 0) is 140 Å². The molecule has 0 N–H and O–H groups in total. The van der Waals surface area contributed by atoms with Crippen LogP contribution >= 0.6 is 0 Å². The zero-order valence-corrected chi connectivity index (χ0v) is 42.5. The molecule has 0 atom stereocenters. The SMILES string of the molecule is c1ccc(-c2c3ccccc3c(-c3ccc(-c4ccc5oc6ccccc6c5c4)cc3)c3ccccc23)cc1.c1ccc(-c2c3ccccc3c(-c3ccc(-c4cccc5oc6ccccc6c45)cc3)c3ccccc23)cc1. The number of furan rings is 2. The molecule has 364 valence electrons. The molecular formula is C76H48O2. The maximum atomic E-state index is 6.15. The fraction of sp³-hybridized carbons (Fsp3) is 0. The summed E-state index contributed by atoms with van der Waals surface area (Å²) < 4.78 is 12.2. The van der Waals surface area contributed by atoms with E-state index in [0.29, 0.717) is 0 Å². The van der Waals surface area contributed by atoms with Crippen LogP contribution in [0.1, 0.15) is 0 Å². The minimum absolute atomic E-state index is 0.922. The molecule has 0 saturated carbocycles.